The van der Waals surface area contributed by atoms with Gasteiger partial charge in [-0.3, -0.25) is 4.79 Å². The van der Waals surface area contributed by atoms with E-state index < -0.39 is 24.3 Å². The third-order valence-electron chi connectivity index (χ3n) is 4.48. The molecule has 0 atom stereocenters. The summed E-state index contributed by atoms with van der Waals surface area (Å²) in [6.45, 7) is 9.67. The third-order valence-corrected chi connectivity index (χ3v) is 5.40. The Labute approximate surface area is 158 Å². The molecule has 1 fully saturated rings. The first kappa shape index (κ1) is 20.4. The molecule has 1 amide bonds. The van der Waals surface area contributed by atoms with Gasteiger partial charge in [0.25, 0.3) is 0 Å². The second-order valence-corrected chi connectivity index (χ2v) is 8.11. The summed E-state index contributed by atoms with van der Waals surface area (Å²) in [6.07, 6.45) is 4.56. The summed E-state index contributed by atoms with van der Waals surface area (Å²) in [5.41, 5.74) is 0.745. The fourth-order valence-corrected chi connectivity index (χ4v) is 3.08. The van der Waals surface area contributed by atoms with Crippen LogP contribution in [0.1, 0.15) is 45.1 Å². The summed E-state index contributed by atoms with van der Waals surface area (Å²) in [7, 11) is -0.565. The number of hydrogen-bond acceptors (Lipinski definition) is 5. The maximum Gasteiger partial charge on any atom is 0.492 e. The van der Waals surface area contributed by atoms with E-state index in [1.807, 2.05) is 45.2 Å². The van der Waals surface area contributed by atoms with E-state index in [-0.39, 0.29) is 5.91 Å². The van der Waals surface area contributed by atoms with Gasteiger partial charge in [0.15, 0.2) is 0 Å². The van der Waals surface area contributed by atoms with Gasteiger partial charge < -0.3 is 19.7 Å². The van der Waals surface area contributed by atoms with Crippen LogP contribution in [0.4, 0.5) is 0 Å². The van der Waals surface area contributed by atoms with E-state index in [2.05, 4.69) is 5.32 Å². The van der Waals surface area contributed by atoms with Crippen molar-refractivity contribution in [2.24, 2.45) is 0 Å². The number of carboxylic acids is 1. The van der Waals surface area contributed by atoms with Gasteiger partial charge in [-0.15, -0.1) is 11.3 Å². The molecule has 0 aromatic carbocycles. The van der Waals surface area contributed by atoms with E-state index in [1.54, 1.807) is 6.08 Å². The topological polar surface area (TPSA) is 84.9 Å². The molecule has 140 valence electrons. The van der Waals surface area contributed by atoms with Crippen LogP contribution in [0.25, 0.3) is 12.2 Å². The molecule has 2 rings (SSSR count). The van der Waals surface area contributed by atoms with Gasteiger partial charge in [0, 0.05) is 24.4 Å². The van der Waals surface area contributed by atoms with Crippen LogP contribution < -0.4 is 5.32 Å². The van der Waals surface area contributed by atoms with Crippen LogP contribution in [0.3, 0.4) is 0 Å². The summed E-state index contributed by atoms with van der Waals surface area (Å²) < 4.78 is 12.2. The van der Waals surface area contributed by atoms with Crippen molar-refractivity contribution < 1.29 is 24.0 Å². The number of carbonyl (C=O) groups is 2. The van der Waals surface area contributed by atoms with Crippen molar-refractivity contribution in [1.82, 2.24) is 5.32 Å². The Bertz CT molecular complexity index is 735. The van der Waals surface area contributed by atoms with E-state index >= 15 is 0 Å². The zero-order valence-corrected chi connectivity index (χ0v) is 16.5. The first-order valence-electron chi connectivity index (χ1n) is 8.30. The van der Waals surface area contributed by atoms with Gasteiger partial charge in [0.1, 0.15) is 0 Å². The van der Waals surface area contributed by atoms with Gasteiger partial charge in [-0.1, -0.05) is 6.08 Å². The minimum atomic E-state index is -0.987. The molecule has 0 aliphatic carbocycles. The average molecular weight is 377 g/mol. The van der Waals surface area contributed by atoms with Crippen LogP contribution in [0.15, 0.2) is 23.0 Å². The highest BCUT2D eigenvalue weighted by Gasteiger charge is 2.52. The first-order valence-corrected chi connectivity index (χ1v) is 9.18. The highest BCUT2D eigenvalue weighted by Crippen LogP contribution is 2.38. The molecule has 2 N–H and O–H groups in total. The quantitative estimate of drug-likeness (QED) is 0.588. The molecule has 8 heteroatoms. The van der Waals surface area contributed by atoms with Gasteiger partial charge in [0.2, 0.25) is 5.91 Å². The largest absolute Gasteiger partial charge is 0.492 e. The molecule has 1 aliphatic rings. The number of carbonyl (C=O) groups excluding carboxylic acids is 1. The molecule has 2 heterocycles. The van der Waals surface area contributed by atoms with Crippen molar-refractivity contribution in [2.75, 3.05) is 6.54 Å². The molecule has 1 aromatic rings. The summed E-state index contributed by atoms with van der Waals surface area (Å²) in [6, 6.07) is 1.88. The van der Waals surface area contributed by atoms with Crippen molar-refractivity contribution in [1.29, 1.82) is 0 Å². The molecule has 6 nitrogen and oxygen atoms in total. The Hall–Kier alpha value is -1.90. The molecule has 1 aromatic heterocycles. The van der Waals surface area contributed by atoms with Crippen molar-refractivity contribution >= 4 is 42.5 Å². The molecule has 1 saturated heterocycles. The Morgan fingerprint density at radius 2 is 1.88 bits per heavy atom. The van der Waals surface area contributed by atoms with Gasteiger partial charge in [0.05, 0.1) is 11.2 Å². The lowest BCUT2D eigenvalue weighted by molar-refractivity contribution is -0.131. The summed E-state index contributed by atoms with van der Waals surface area (Å²) >= 11 is 1.44. The summed E-state index contributed by atoms with van der Waals surface area (Å²) in [4.78, 5) is 22.8. The second kappa shape index (κ2) is 7.78. The molecule has 26 heavy (non-hydrogen) atoms. The predicted molar refractivity (Wildman–Crippen MR) is 104 cm³/mol. The fourth-order valence-electron chi connectivity index (χ4n) is 2.32. The van der Waals surface area contributed by atoms with E-state index in [9.17, 15) is 9.59 Å². The molecule has 0 unspecified atom stereocenters. The predicted octanol–water partition coefficient (Wildman–Crippen LogP) is 3.00. The zero-order chi connectivity index (χ0) is 19.5. The van der Waals surface area contributed by atoms with Crippen molar-refractivity contribution in [3.05, 3.63) is 33.4 Å². The van der Waals surface area contributed by atoms with Gasteiger partial charge in [-0.2, -0.15) is 0 Å². The molecular formula is C18H24BNO5S. The molecule has 0 saturated carbocycles. The SMILES string of the molecule is CC(=O)NCC(=Cc1csc(/C=C/C(=O)O)c1)B1OC(C)(C)C(C)(C)O1. The van der Waals surface area contributed by atoms with Crippen LogP contribution in [0, 0.1) is 0 Å². The van der Waals surface area contributed by atoms with Crippen LogP contribution in [0.5, 0.6) is 0 Å². The number of aliphatic carboxylic acids is 1. The van der Waals surface area contributed by atoms with E-state index in [1.165, 1.54) is 18.3 Å². The average Bonchev–Trinajstić information content (AvgIpc) is 3.03. The minimum absolute atomic E-state index is 0.136. The van der Waals surface area contributed by atoms with Crippen LogP contribution >= 0.6 is 11.3 Å². The highest BCUT2D eigenvalue weighted by molar-refractivity contribution is 7.11. The van der Waals surface area contributed by atoms with Gasteiger partial charge >= 0.3 is 13.1 Å². The molecule has 0 radical (unpaired) electrons. The van der Waals surface area contributed by atoms with Crippen molar-refractivity contribution in [2.45, 2.75) is 45.8 Å². The second-order valence-electron chi connectivity index (χ2n) is 7.17. The lowest BCUT2D eigenvalue weighted by atomic mass is 9.77. The monoisotopic (exact) mass is 377 g/mol. The smallest absolute Gasteiger partial charge is 0.478 e. The lowest BCUT2D eigenvalue weighted by Gasteiger charge is -2.32. The number of thiophene rings is 1. The van der Waals surface area contributed by atoms with E-state index in [0.29, 0.717) is 6.54 Å². The van der Waals surface area contributed by atoms with Crippen LogP contribution in [-0.4, -0.2) is 41.8 Å². The number of amides is 1. The molecule has 1 aliphatic heterocycles. The Morgan fingerprint density at radius 3 is 2.42 bits per heavy atom. The standard InChI is InChI=1S/C18H24BNO5S/c1-12(21)20-10-14(19-24-17(2,3)18(4,5)25-19)8-13-9-15(26-11-13)6-7-16(22)23/h6-9,11H,10H2,1-5H3,(H,20,21)(H,22,23)/b7-6+,14-8?. The number of hydrogen-bond donors (Lipinski definition) is 2. The number of carboxylic acid groups (broad SMARTS) is 1. The number of nitrogens with one attached hydrogen (secondary N) is 1. The van der Waals surface area contributed by atoms with Crippen LogP contribution in [0.2, 0.25) is 0 Å². The van der Waals surface area contributed by atoms with Crippen LogP contribution in [-0.2, 0) is 18.9 Å². The van der Waals surface area contributed by atoms with Gasteiger partial charge in [-0.25, -0.2) is 4.79 Å². The summed E-state index contributed by atoms with van der Waals surface area (Å²) in [5.74, 6) is -1.12. The van der Waals surface area contributed by atoms with E-state index in [4.69, 9.17) is 14.4 Å². The third kappa shape index (κ3) is 5.06. The highest BCUT2D eigenvalue weighted by atomic mass is 32.1. The van der Waals surface area contributed by atoms with Crippen molar-refractivity contribution in [3.8, 4) is 0 Å². The maximum atomic E-state index is 11.3. The molecular weight excluding hydrogens is 353 g/mol. The van der Waals surface area contributed by atoms with E-state index in [0.717, 1.165) is 22.0 Å². The summed E-state index contributed by atoms with van der Waals surface area (Å²) in [5, 5.41) is 13.4. The molecule has 0 spiro atoms. The Kier molecular flexibility index (Phi) is 6.11. The normalized spacial score (nSPS) is 19.1. The lowest BCUT2D eigenvalue weighted by Crippen LogP contribution is -2.41. The fraction of sp³-hybridized carbons (Fsp3) is 0.444. The first-order chi connectivity index (χ1) is 12.0. The minimum Gasteiger partial charge on any atom is -0.478 e. The van der Waals surface area contributed by atoms with Crippen molar-refractivity contribution in [3.63, 3.8) is 0 Å². The molecule has 0 bridgehead atoms. The Morgan fingerprint density at radius 1 is 1.27 bits per heavy atom. The number of rotatable bonds is 6. The Balaban J connectivity index is 2.26. The maximum absolute atomic E-state index is 11.3. The van der Waals surface area contributed by atoms with Gasteiger partial charge in [-0.05, 0) is 56.3 Å². The zero-order valence-electron chi connectivity index (χ0n) is 15.7.